The molecule has 70 valence electrons. The number of benzene rings is 1. The molecule has 0 saturated heterocycles. The lowest BCUT2D eigenvalue weighted by Crippen LogP contribution is -2.54. The van der Waals surface area contributed by atoms with E-state index in [1.165, 1.54) is 24.3 Å². The van der Waals surface area contributed by atoms with Gasteiger partial charge in [0.15, 0.2) is 0 Å². The molecular weight excluding hydrogens is 172 g/mol. The maximum Gasteiger partial charge on any atom is 0.269 e. The third kappa shape index (κ3) is 2.22. The molecule has 1 aromatic rings. The Morgan fingerprint density at radius 1 is 1.15 bits per heavy atom. The van der Waals surface area contributed by atoms with Gasteiger partial charge in [0, 0.05) is 17.7 Å². The molecular formula is C7H10N4O2. The lowest BCUT2D eigenvalue weighted by Gasteiger charge is -2.18. The van der Waals surface area contributed by atoms with Crippen molar-refractivity contribution >= 4 is 5.69 Å². The number of hydrogen-bond donors (Lipinski definition) is 3. The highest BCUT2D eigenvalue weighted by atomic mass is 16.6. The summed E-state index contributed by atoms with van der Waals surface area (Å²) in [5.74, 6) is -1.45. The summed E-state index contributed by atoms with van der Waals surface area (Å²) in [6, 6.07) is 5.46. The molecule has 0 heterocycles. The maximum atomic E-state index is 10.3. The third-order valence-corrected chi connectivity index (χ3v) is 1.58. The Balaban J connectivity index is 3.01. The summed E-state index contributed by atoms with van der Waals surface area (Å²) in [6.45, 7) is 0. The van der Waals surface area contributed by atoms with Gasteiger partial charge >= 0.3 is 0 Å². The van der Waals surface area contributed by atoms with Gasteiger partial charge in [0.2, 0.25) is 0 Å². The zero-order valence-electron chi connectivity index (χ0n) is 6.81. The van der Waals surface area contributed by atoms with Crippen LogP contribution in [0.25, 0.3) is 0 Å². The summed E-state index contributed by atoms with van der Waals surface area (Å²) in [5, 5.41) is 10.3. The maximum absolute atomic E-state index is 10.3. The van der Waals surface area contributed by atoms with Gasteiger partial charge in [-0.05, 0) is 12.1 Å². The molecule has 0 aromatic heterocycles. The molecule has 6 N–H and O–H groups in total. The summed E-state index contributed by atoms with van der Waals surface area (Å²) in [6.07, 6.45) is 0. The lowest BCUT2D eigenvalue weighted by molar-refractivity contribution is -0.384. The van der Waals surface area contributed by atoms with E-state index in [-0.39, 0.29) is 5.69 Å². The van der Waals surface area contributed by atoms with Crippen molar-refractivity contribution in [2.24, 2.45) is 17.2 Å². The monoisotopic (exact) mass is 182 g/mol. The lowest BCUT2D eigenvalue weighted by atomic mass is 10.1. The van der Waals surface area contributed by atoms with Crippen molar-refractivity contribution in [3.63, 3.8) is 0 Å². The molecule has 1 aromatic carbocycles. The van der Waals surface area contributed by atoms with Crippen molar-refractivity contribution in [3.05, 3.63) is 39.9 Å². The number of hydrogen-bond acceptors (Lipinski definition) is 5. The number of nitrogens with zero attached hydrogens (tertiary/aromatic N) is 1. The fourth-order valence-electron chi connectivity index (χ4n) is 0.872. The molecule has 0 spiro atoms. The molecule has 0 atom stereocenters. The molecule has 0 aliphatic carbocycles. The predicted molar refractivity (Wildman–Crippen MR) is 47.3 cm³/mol. The van der Waals surface area contributed by atoms with Crippen LogP contribution in [0.2, 0.25) is 0 Å². The smallest absolute Gasteiger partial charge is 0.269 e. The molecule has 0 bridgehead atoms. The minimum Gasteiger partial charge on any atom is -0.297 e. The molecule has 1 rings (SSSR count). The van der Waals surface area contributed by atoms with Crippen LogP contribution in [-0.2, 0) is 5.79 Å². The summed E-state index contributed by atoms with van der Waals surface area (Å²) in [4.78, 5) is 9.77. The number of nitro groups is 1. The van der Waals surface area contributed by atoms with Crippen LogP contribution in [-0.4, -0.2) is 4.92 Å². The van der Waals surface area contributed by atoms with Gasteiger partial charge in [-0.3, -0.25) is 27.3 Å². The van der Waals surface area contributed by atoms with E-state index >= 15 is 0 Å². The molecule has 6 nitrogen and oxygen atoms in total. The average Bonchev–Trinajstić information content (AvgIpc) is 2.03. The first kappa shape index (κ1) is 9.59. The van der Waals surface area contributed by atoms with E-state index in [9.17, 15) is 10.1 Å². The number of nitrogens with two attached hydrogens (primary N) is 3. The largest absolute Gasteiger partial charge is 0.297 e. The minimum absolute atomic E-state index is 0.0204. The first-order valence-electron chi connectivity index (χ1n) is 3.53. The van der Waals surface area contributed by atoms with Gasteiger partial charge in [0.25, 0.3) is 5.69 Å². The topological polar surface area (TPSA) is 121 Å². The molecule has 0 aliphatic heterocycles. The van der Waals surface area contributed by atoms with Gasteiger partial charge in [-0.25, -0.2) is 0 Å². The molecule has 0 aliphatic rings. The van der Waals surface area contributed by atoms with Crippen LogP contribution in [0.5, 0.6) is 0 Å². The average molecular weight is 182 g/mol. The van der Waals surface area contributed by atoms with E-state index in [4.69, 9.17) is 17.2 Å². The second-order valence-corrected chi connectivity index (χ2v) is 2.74. The Kier molecular flexibility index (Phi) is 2.28. The first-order valence-corrected chi connectivity index (χ1v) is 3.53. The van der Waals surface area contributed by atoms with Gasteiger partial charge in [-0.1, -0.05) is 0 Å². The second kappa shape index (κ2) is 3.09. The van der Waals surface area contributed by atoms with E-state index in [2.05, 4.69) is 0 Å². The van der Waals surface area contributed by atoms with Crippen molar-refractivity contribution in [1.82, 2.24) is 0 Å². The van der Waals surface area contributed by atoms with Gasteiger partial charge in [-0.2, -0.15) is 0 Å². The molecule has 6 heteroatoms. The zero-order valence-corrected chi connectivity index (χ0v) is 6.81. The summed E-state index contributed by atoms with van der Waals surface area (Å²) < 4.78 is 0. The van der Waals surface area contributed by atoms with Crippen LogP contribution in [0, 0.1) is 10.1 Å². The van der Waals surface area contributed by atoms with Crippen molar-refractivity contribution in [2.45, 2.75) is 5.79 Å². The Hall–Kier alpha value is -1.50. The molecule has 0 amide bonds. The van der Waals surface area contributed by atoms with Crippen LogP contribution in [0.3, 0.4) is 0 Å². The predicted octanol–water partition coefficient (Wildman–Crippen LogP) is -0.419. The van der Waals surface area contributed by atoms with E-state index in [0.29, 0.717) is 5.56 Å². The third-order valence-electron chi connectivity index (χ3n) is 1.58. The van der Waals surface area contributed by atoms with Crippen molar-refractivity contribution in [2.75, 3.05) is 0 Å². The van der Waals surface area contributed by atoms with Gasteiger partial charge in [-0.15, -0.1) is 0 Å². The number of nitro benzene ring substituents is 1. The van der Waals surface area contributed by atoms with Crippen LogP contribution in [0.4, 0.5) is 5.69 Å². The summed E-state index contributed by atoms with van der Waals surface area (Å²) in [7, 11) is 0. The zero-order chi connectivity index (χ0) is 10.1. The van der Waals surface area contributed by atoms with E-state index in [1.54, 1.807) is 0 Å². The first-order chi connectivity index (χ1) is 5.91. The van der Waals surface area contributed by atoms with Gasteiger partial charge < -0.3 is 0 Å². The minimum atomic E-state index is -1.45. The van der Waals surface area contributed by atoms with Crippen molar-refractivity contribution in [3.8, 4) is 0 Å². The van der Waals surface area contributed by atoms with E-state index in [1.807, 2.05) is 0 Å². The Bertz CT molecular complexity index is 314. The highest BCUT2D eigenvalue weighted by molar-refractivity contribution is 5.35. The highest BCUT2D eigenvalue weighted by Crippen LogP contribution is 2.14. The SMILES string of the molecule is NC(N)(N)c1ccc([N+](=O)[O-])cc1. The standard InChI is InChI=1S/C7H10N4O2/c8-7(9,10)5-1-3-6(4-2-5)11(12)13/h1-4H,8-10H2. The van der Waals surface area contributed by atoms with E-state index in [0.717, 1.165) is 0 Å². The van der Waals surface area contributed by atoms with Gasteiger partial charge in [0.05, 0.1) is 4.92 Å². The Morgan fingerprint density at radius 2 is 1.62 bits per heavy atom. The second-order valence-electron chi connectivity index (χ2n) is 2.74. The van der Waals surface area contributed by atoms with Gasteiger partial charge in [0.1, 0.15) is 5.79 Å². The molecule has 13 heavy (non-hydrogen) atoms. The fourth-order valence-corrected chi connectivity index (χ4v) is 0.872. The molecule has 0 fully saturated rings. The van der Waals surface area contributed by atoms with E-state index < -0.39 is 10.7 Å². The Morgan fingerprint density at radius 3 is 1.92 bits per heavy atom. The Labute approximate surface area is 74.5 Å². The van der Waals surface area contributed by atoms with Crippen molar-refractivity contribution in [1.29, 1.82) is 0 Å². The molecule has 0 saturated carbocycles. The number of non-ortho nitro benzene ring substituents is 1. The summed E-state index contributed by atoms with van der Waals surface area (Å²) in [5.41, 5.74) is 16.5. The molecule has 0 radical (unpaired) electrons. The van der Waals surface area contributed by atoms with Crippen LogP contribution >= 0.6 is 0 Å². The highest BCUT2D eigenvalue weighted by Gasteiger charge is 2.16. The van der Waals surface area contributed by atoms with Crippen LogP contribution in [0.1, 0.15) is 5.56 Å². The van der Waals surface area contributed by atoms with Crippen LogP contribution in [0.15, 0.2) is 24.3 Å². The van der Waals surface area contributed by atoms with Crippen molar-refractivity contribution < 1.29 is 4.92 Å². The normalized spacial score (nSPS) is 11.3. The number of rotatable bonds is 2. The fraction of sp³-hybridized carbons (Fsp3) is 0.143. The molecule has 0 unspecified atom stereocenters. The quantitative estimate of drug-likeness (QED) is 0.326. The van der Waals surface area contributed by atoms with Crippen LogP contribution < -0.4 is 17.2 Å². The summed E-state index contributed by atoms with van der Waals surface area (Å²) >= 11 is 0.